The summed E-state index contributed by atoms with van der Waals surface area (Å²) < 4.78 is 10.7. The first-order chi connectivity index (χ1) is 12.8. The highest BCUT2D eigenvalue weighted by molar-refractivity contribution is 5.47. The number of nitrogens with zero attached hydrogens (tertiary/aromatic N) is 3. The Labute approximate surface area is 155 Å². The van der Waals surface area contributed by atoms with Crippen molar-refractivity contribution in [2.24, 2.45) is 5.92 Å². The van der Waals surface area contributed by atoms with Crippen LogP contribution in [0.4, 0.5) is 5.82 Å². The van der Waals surface area contributed by atoms with Gasteiger partial charge < -0.3 is 14.5 Å². The maximum Gasteiger partial charge on any atom is 0.133 e. The average molecular weight is 356 g/mol. The average Bonchev–Trinajstić information content (AvgIpc) is 3.32. The highest BCUT2D eigenvalue weighted by atomic mass is 16.5. The van der Waals surface area contributed by atoms with Gasteiger partial charge in [-0.25, -0.2) is 9.97 Å². The molecule has 0 radical (unpaired) electrons. The van der Waals surface area contributed by atoms with Crippen LogP contribution in [0.25, 0.3) is 0 Å². The van der Waals surface area contributed by atoms with Crippen molar-refractivity contribution in [1.29, 1.82) is 0 Å². The zero-order valence-corrected chi connectivity index (χ0v) is 15.5. The summed E-state index contributed by atoms with van der Waals surface area (Å²) in [5, 5.41) is 3.61. The molecule has 0 amide bonds. The molecule has 0 aliphatic carbocycles. The highest BCUT2D eigenvalue weighted by Crippen LogP contribution is 2.24. The zero-order chi connectivity index (χ0) is 17.8. The van der Waals surface area contributed by atoms with Gasteiger partial charge in [0.15, 0.2) is 0 Å². The lowest BCUT2D eigenvalue weighted by atomic mass is 10.1. The van der Waals surface area contributed by atoms with Crippen LogP contribution in [0, 0.1) is 5.92 Å². The van der Waals surface area contributed by atoms with E-state index in [0.717, 1.165) is 76.7 Å². The van der Waals surface area contributed by atoms with E-state index in [-0.39, 0.29) is 0 Å². The van der Waals surface area contributed by atoms with Gasteiger partial charge in [0.25, 0.3) is 0 Å². The predicted octanol–water partition coefficient (Wildman–Crippen LogP) is 2.68. The topological polar surface area (TPSA) is 63.4 Å². The Hall–Kier alpha value is -1.92. The van der Waals surface area contributed by atoms with E-state index in [4.69, 9.17) is 19.1 Å². The van der Waals surface area contributed by atoms with E-state index in [1.54, 1.807) is 6.26 Å². The molecule has 4 rings (SSSR count). The van der Waals surface area contributed by atoms with E-state index in [1.807, 2.05) is 12.3 Å². The molecule has 0 aromatic carbocycles. The Morgan fingerprint density at radius 1 is 1.27 bits per heavy atom. The van der Waals surface area contributed by atoms with Crippen molar-refractivity contribution in [3.63, 3.8) is 0 Å². The molecule has 0 saturated carbocycles. The summed E-state index contributed by atoms with van der Waals surface area (Å²) in [6.45, 7) is 7.78. The van der Waals surface area contributed by atoms with Crippen molar-refractivity contribution in [2.75, 3.05) is 38.2 Å². The minimum absolute atomic E-state index is 0.592. The van der Waals surface area contributed by atoms with E-state index in [1.165, 1.54) is 16.8 Å². The van der Waals surface area contributed by atoms with Gasteiger partial charge in [-0.15, -0.1) is 0 Å². The van der Waals surface area contributed by atoms with Gasteiger partial charge in [0.2, 0.25) is 0 Å². The first-order valence-corrected chi connectivity index (χ1v) is 9.75. The van der Waals surface area contributed by atoms with Crippen LogP contribution < -0.4 is 5.32 Å². The van der Waals surface area contributed by atoms with E-state index in [2.05, 4.69) is 17.1 Å². The standard InChI is InChI=1S/C20H28N4O2/c1-2-19-22-18-4-8-24(12-16-6-10-26-14-16)7-3-17(18)20(23-19)21-11-15-5-9-25-13-15/h6,10,14-15H,2-5,7-9,11-13H2,1H3,(H,21,22,23). The van der Waals surface area contributed by atoms with Crippen molar-refractivity contribution in [2.45, 2.75) is 39.2 Å². The molecule has 6 nitrogen and oxygen atoms in total. The molecule has 1 unspecified atom stereocenters. The molecule has 1 N–H and O–H groups in total. The second-order valence-electron chi connectivity index (χ2n) is 7.29. The van der Waals surface area contributed by atoms with Crippen LogP contribution in [0.5, 0.6) is 0 Å². The summed E-state index contributed by atoms with van der Waals surface area (Å²) in [5.41, 5.74) is 3.75. The molecular weight excluding hydrogens is 328 g/mol. The number of hydrogen-bond donors (Lipinski definition) is 1. The number of rotatable bonds is 6. The van der Waals surface area contributed by atoms with Crippen molar-refractivity contribution in [3.05, 3.63) is 41.2 Å². The molecule has 140 valence electrons. The maximum absolute atomic E-state index is 5.50. The van der Waals surface area contributed by atoms with Crippen LogP contribution in [0.1, 0.15) is 36.0 Å². The SMILES string of the molecule is CCc1nc2c(c(NCC3CCOC3)n1)CCN(Cc1ccoc1)CC2. The second-order valence-corrected chi connectivity index (χ2v) is 7.29. The summed E-state index contributed by atoms with van der Waals surface area (Å²) in [6.07, 6.45) is 7.55. The number of hydrogen-bond acceptors (Lipinski definition) is 6. The van der Waals surface area contributed by atoms with Gasteiger partial charge in [0.1, 0.15) is 11.6 Å². The molecule has 0 bridgehead atoms. The van der Waals surface area contributed by atoms with Crippen LogP contribution in [-0.4, -0.2) is 47.7 Å². The van der Waals surface area contributed by atoms with E-state index < -0.39 is 0 Å². The summed E-state index contributed by atoms with van der Waals surface area (Å²) in [4.78, 5) is 12.1. The normalized spacial score (nSPS) is 20.7. The van der Waals surface area contributed by atoms with Gasteiger partial charge >= 0.3 is 0 Å². The van der Waals surface area contributed by atoms with Crippen LogP contribution in [0.2, 0.25) is 0 Å². The number of aryl methyl sites for hydroxylation is 1. The number of furan rings is 1. The third kappa shape index (κ3) is 4.07. The molecule has 6 heteroatoms. The largest absolute Gasteiger partial charge is 0.472 e. The minimum atomic E-state index is 0.592. The molecule has 2 aromatic rings. The molecule has 0 spiro atoms. The smallest absolute Gasteiger partial charge is 0.133 e. The van der Waals surface area contributed by atoms with Gasteiger partial charge in [-0.1, -0.05) is 6.92 Å². The Balaban J connectivity index is 1.48. The fraction of sp³-hybridized carbons (Fsp3) is 0.600. The quantitative estimate of drug-likeness (QED) is 0.859. The molecule has 1 atom stereocenters. The first-order valence-electron chi connectivity index (χ1n) is 9.75. The Morgan fingerprint density at radius 2 is 2.19 bits per heavy atom. The fourth-order valence-electron chi connectivity index (χ4n) is 3.79. The molecule has 1 fully saturated rings. The number of ether oxygens (including phenoxy) is 1. The van der Waals surface area contributed by atoms with Crippen molar-refractivity contribution < 1.29 is 9.15 Å². The molecule has 1 saturated heterocycles. The molecule has 4 heterocycles. The Morgan fingerprint density at radius 3 is 2.96 bits per heavy atom. The van der Waals surface area contributed by atoms with Crippen molar-refractivity contribution in [3.8, 4) is 0 Å². The molecule has 2 aliphatic heterocycles. The van der Waals surface area contributed by atoms with Crippen LogP contribution in [0.15, 0.2) is 23.0 Å². The predicted molar refractivity (Wildman–Crippen MR) is 100 cm³/mol. The number of fused-ring (bicyclic) bond motifs is 1. The Kier molecular flexibility index (Phi) is 5.51. The summed E-state index contributed by atoms with van der Waals surface area (Å²) in [5.74, 6) is 2.58. The van der Waals surface area contributed by atoms with Gasteiger partial charge in [-0.2, -0.15) is 0 Å². The van der Waals surface area contributed by atoms with E-state index in [9.17, 15) is 0 Å². The van der Waals surface area contributed by atoms with Gasteiger partial charge in [-0.05, 0) is 18.9 Å². The molecular formula is C20H28N4O2. The second kappa shape index (κ2) is 8.18. The van der Waals surface area contributed by atoms with Gasteiger partial charge in [0.05, 0.1) is 24.8 Å². The van der Waals surface area contributed by atoms with Crippen molar-refractivity contribution in [1.82, 2.24) is 14.9 Å². The van der Waals surface area contributed by atoms with Crippen LogP contribution >= 0.6 is 0 Å². The van der Waals surface area contributed by atoms with Crippen LogP contribution in [-0.2, 0) is 30.5 Å². The van der Waals surface area contributed by atoms with Gasteiger partial charge in [0, 0.05) is 62.7 Å². The lowest BCUT2D eigenvalue weighted by Gasteiger charge is -2.18. The Bertz CT molecular complexity index is 711. The highest BCUT2D eigenvalue weighted by Gasteiger charge is 2.22. The maximum atomic E-state index is 5.50. The van der Waals surface area contributed by atoms with Crippen molar-refractivity contribution >= 4 is 5.82 Å². The number of aromatic nitrogens is 2. The summed E-state index contributed by atoms with van der Waals surface area (Å²) >= 11 is 0. The third-order valence-corrected chi connectivity index (χ3v) is 5.37. The molecule has 2 aliphatic rings. The fourth-order valence-corrected chi connectivity index (χ4v) is 3.79. The van der Waals surface area contributed by atoms with E-state index in [0.29, 0.717) is 5.92 Å². The lowest BCUT2D eigenvalue weighted by molar-refractivity contribution is 0.187. The summed E-state index contributed by atoms with van der Waals surface area (Å²) in [7, 11) is 0. The summed E-state index contributed by atoms with van der Waals surface area (Å²) in [6, 6.07) is 2.05. The van der Waals surface area contributed by atoms with Crippen LogP contribution in [0.3, 0.4) is 0 Å². The van der Waals surface area contributed by atoms with E-state index >= 15 is 0 Å². The molecule has 26 heavy (non-hydrogen) atoms. The third-order valence-electron chi connectivity index (χ3n) is 5.37. The minimum Gasteiger partial charge on any atom is -0.472 e. The lowest BCUT2D eigenvalue weighted by Crippen LogP contribution is -2.25. The number of nitrogens with one attached hydrogen (secondary N) is 1. The molecule has 2 aromatic heterocycles. The zero-order valence-electron chi connectivity index (χ0n) is 15.5. The first kappa shape index (κ1) is 17.5. The number of anilines is 1. The van der Waals surface area contributed by atoms with Gasteiger partial charge in [-0.3, -0.25) is 4.90 Å². The monoisotopic (exact) mass is 356 g/mol.